The van der Waals surface area contributed by atoms with Crippen LogP contribution in [-0.4, -0.2) is 60.1 Å². The molecule has 11 nitrogen and oxygen atoms in total. The first-order chi connectivity index (χ1) is 41.8. The summed E-state index contributed by atoms with van der Waals surface area (Å²) in [5.41, 5.74) is 17.1. The molecule has 17 heteroatoms. The summed E-state index contributed by atoms with van der Waals surface area (Å²) in [6, 6.07) is 74.6. The molecule has 13 rings (SSSR count). The molecular formula is C70H54BBrN3O8S3Zn+. The SMILES string of the molecule is Nc1ccccc1S.O=Cc1cc(-c2ccccc2)ccc1O.O=Cc1cc(Br)ccc1O.OB(O)C1=CC=[C+]C=C1.Oc1ccc(-c2ccccc2)cc1-c1nc2ccccc2s1.Oc1ccc(-c2ccccc2)cc1-c1nc2ccccc2s1.[Zn]. The molecule has 0 atom stereocenters. The van der Waals surface area contributed by atoms with Gasteiger partial charge in [0.1, 0.15) is 45.2 Å². The van der Waals surface area contributed by atoms with Crippen molar-refractivity contribution in [1.82, 2.24) is 9.97 Å². The molecule has 0 saturated carbocycles. The van der Waals surface area contributed by atoms with E-state index in [1.165, 1.54) is 12.1 Å². The number of aromatic nitrogens is 2. The first-order valence-corrected chi connectivity index (χ1v) is 29.3. The standard InChI is InChI=1S/2C19H13NOS.C13H10O2.C7H5BrO2.C6H6BO2.C6H7NS.Zn/c2*21-17-11-10-14(13-6-2-1-3-7-13)12-15(17)19-20-16-8-4-5-9-18(16)22-19;14-9-12-8-11(6-7-13(12)15)10-4-2-1-3-5-10;8-6-1-2-7(10)5(3-6)4-9;8-7(9)6-4-2-1-3-5-6;7-5-3-1-2-4-6(5)8;/h2*1-12,21H;1-9,15H;1-4,10H;2-5,8-9H;1-4,8H,7H2;/q;;;;+1;;. The number of carbonyl (C=O) groups is 2. The minimum atomic E-state index is -1.36. The number of para-hydroxylation sites is 3. The van der Waals surface area contributed by atoms with Crippen molar-refractivity contribution >= 4 is 97.0 Å². The number of fused-ring (bicyclic) bond motifs is 2. The van der Waals surface area contributed by atoms with E-state index >= 15 is 0 Å². The molecule has 0 radical (unpaired) electrons. The fourth-order valence-electron chi connectivity index (χ4n) is 8.15. The van der Waals surface area contributed by atoms with Gasteiger partial charge in [-0.2, -0.15) is 0 Å². The van der Waals surface area contributed by atoms with Crippen LogP contribution in [0.4, 0.5) is 5.69 Å². The summed E-state index contributed by atoms with van der Waals surface area (Å²) in [6.07, 6.45) is 10.5. The van der Waals surface area contributed by atoms with E-state index in [9.17, 15) is 24.9 Å². The van der Waals surface area contributed by atoms with E-state index in [0.29, 0.717) is 29.2 Å². The quantitative estimate of drug-likeness (QED) is 0.0236. The van der Waals surface area contributed by atoms with E-state index in [0.717, 1.165) is 90.0 Å². The summed E-state index contributed by atoms with van der Waals surface area (Å²) in [5.74, 6) is 0.556. The predicted molar refractivity (Wildman–Crippen MR) is 358 cm³/mol. The van der Waals surface area contributed by atoms with Gasteiger partial charge >= 0.3 is 7.12 Å². The van der Waals surface area contributed by atoms with Crippen LogP contribution in [-0.2, 0) is 19.5 Å². The molecule has 0 aliphatic heterocycles. The second kappa shape index (κ2) is 33.0. The van der Waals surface area contributed by atoms with Crippen molar-refractivity contribution in [2.45, 2.75) is 4.90 Å². The number of aldehydes is 2. The smallest absolute Gasteiger partial charge is 0.507 e. The number of nitrogen functional groups attached to an aromatic ring is 1. The molecule has 2 heterocycles. The average molecular weight is 1320 g/mol. The summed E-state index contributed by atoms with van der Waals surface area (Å²) >= 11 is 10.4. The molecule has 8 N–H and O–H groups in total. The van der Waals surface area contributed by atoms with Crippen LogP contribution in [0.2, 0.25) is 0 Å². The number of phenolic OH excluding ortho intramolecular Hbond substituents is 4. The molecule has 12 aromatic rings. The van der Waals surface area contributed by atoms with Crippen LogP contribution in [0.1, 0.15) is 20.7 Å². The summed E-state index contributed by atoms with van der Waals surface area (Å²) in [7, 11) is -1.36. The Labute approximate surface area is 538 Å². The van der Waals surface area contributed by atoms with E-state index in [1.807, 2.05) is 152 Å². The molecule has 87 heavy (non-hydrogen) atoms. The molecule has 0 bridgehead atoms. The Morgan fingerprint density at radius 2 is 0.885 bits per heavy atom. The Bertz CT molecular complexity index is 4070. The van der Waals surface area contributed by atoms with Gasteiger partial charge in [-0.1, -0.05) is 162 Å². The molecule has 0 fully saturated rings. The number of benzene rings is 10. The zero-order chi connectivity index (χ0) is 60.8. The predicted octanol–water partition coefficient (Wildman–Crippen LogP) is 16.9. The maximum atomic E-state index is 10.7. The number of aromatic hydroxyl groups is 4. The number of nitrogens with two attached hydrogens (primary N) is 1. The van der Waals surface area contributed by atoms with Crippen LogP contribution in [0, 0.1) is 6.08 Å². The third kappa shape index (κ3) is 18.7. The molecule has 0 amide bonds. The number of phenols is 4. The molecule has 2 aromatic heterocycles. The minimum absolute atomic E-state index is 0. The monoisotopic (exact) mass is 1310 g/mol. The summed E-state index contributed by atoms with van der Waals surface area (Å²) < 4.78 is 3.04. The molecular weight excluding hydrogens is 1260 g/mol. The maximum absolute atomic E-state index is 10.7. The molecule has 1 aliphatic rings. The number of hydrogen-bond donors (Lipinski definition) is 8. The summed E-state index contributed by atoms with van der Waals surface area (Å²) in [5, 5.41) is 57.6. The zero-order valence-electron chi connectivity index (χ0n) is 46.4. The first kappa shape index (κ1) is 65.4. The Hall–Kier alpha value is -9.11. The van der Waals surface area contributed by atoms with Crippen molar-refractivity contribution < 1.29 is 59.5 Å². The van der Waals surface area contributed by atoms with Crippen LogP contribution >= 0.6 is 51.2 Å². The van der Waals surface area contributed by atoms with E-state index < -0.39 is 7.12 Å². The average Bonchev–Trinajstić information content (AvgIpc) is 4.26. The van der Waals surface area contributed by atoms with Gasteiger partial charge in [-0.15, -0.1) is 35.3 Å². The van der Waals surface area contributed by atoms with Gasteiger partial charge in [-0.05, 0) is 124 Å². The van der Waals surface area contributed by atoms with Crippen LogP contribution in [0.25, 0.3) is 75.0 Å². The van der Waals surface area contributed by atoms with E-state index in [2.05, 4.69) is 81.0 Å². The second-order valence-corrected chi connectivity index (χ2v) is 22.0. The second-order valence-electron chi connectivity index (χ2n) is 18.5. The van der Waals surface area contributed by atoms with Crippen molar-refractivity contribution in [1.29, 1.82) is 0 Å². The van der Waals surface area contributed by atoms with Gasteiger partial charge in [0.2, 0.25) is 0 Å². The van der Waals surface area contributed by atoms with Crippen molar-refractivity contribution in [2.75, 3.05) is 5.73 Å². The number of allylic oxidation sites excluding steroid dienone is 6. The number of thiazole rings is 2. The molecule has 10 aromatic carbocycles. The van der Waals surface area contributed by atoms with Crippen molar-refractivity contribution in [2.24, 2.45) is 0 Å². The van der Waals surface area contributed by atoms with E-state index in [-0.39, 0.29) is 42.5 Å². The molecule has 0 unspecified atom stereocenters. The Balaban J connectivity index is 0.000000156. The molecule has 0 saturated heterocycles. The minimum Gasteiger partial charge on any atom is -0.507 e. The largest absolute Gasteiger partial charge is 0.517 e. The third-order valence-electron chi connectivity index (χ3n) is 12.6. The Morgan fingerprint density at radius 1 is 0.483 bits per heavy atom. The molecule has 1 aliphatic carbocycles. The third-order valence-corrected chi connectivity index (χ3v) is 15.7. The van der Waals surface area contributed by atoms with Gasteiger partial charge < -0.3 is 36.2 Å². The topological polar surface area (TPSA) is 207 Å². The van der Waals surface area contributed by atoms with Gasteiger partial charge in [0.15, 0.2) is 12.6 Å². The van der Waals surface area contributed by atoms with Crippen molar-refractivity contribution in [3.8, 4) is 77.5 Å². The fraction of sp³-hybridized carbons (Fsp3) is 0. The van der Waals surface area contributed by atoms with Crippen molar-refractivity contribution in [3.63, 3.8) is 0 Å². The zero-order valence-corrected chi connectivity index (χ0v) is 53.5. The number of nitrogens with zero attached hydrogens (tertiary/aromatic N) is 2. The van der Waals surface area contributed by atoms with Gasteiger partial charge in [0, 0.05) is 52.8 Å². The number of anilines is 1. The van der Waals surface area contributed by atoms with Gasteiger partial charge in [0.25, 0.3) is 0 Å². The number of hydrogen-bond acceptors (Lipinski definition) is 14. The van der Waals surface area contributed by atoms with Crippen LogP contribution in [0.15, 0.2) is 276 Å². The molecule has 426 valence electrons. The van der Waals surface area contributed by atoms with Crippen LogP contribution < -0.4 is 5.73 Å². The van der Waals surface area contributed by atoms with E-state index in [4.69, 9.17) is 20.9 Å². The van der Waals surface area contributed by atoms with Crippen LogP contribution in [0.5, 0.6) is 23.0 Å². The number of thiol groups is 1. The number of rotatable bonds is 8. The summed E-state index contributed by atoms with van der Waals surface area (Å²) in [6.45, 7) is 0. The van der Waals surface area contributed by atoms with E-state index in [1.54, 1.807) is 83.4 Å². The van der Waals surface area contributed by atoms with Crippen LogP contribution in [0.3, 0.4) is 0 Å². The Morgan fingerprint density at radius 3 is 1.26 bits per heavy atom. The number of halogens is 1. The summed E-state index contributed by atoms with van der Waals surface area (Å²) in [4.78, 5) is 31.0. The van der Waals surface area contributed by atoms with Gasteiger partial charge in [-0.3, -0.25) is 9.59 Å². The molecule has 0 spiro atoms. The van der Waals surface area contributed by atoms with Crippen molar-refractivity contribution in [3.05, 3.63) is 288 Å². The maximum Gasteiger partial charge on any atom is 0.517 e. The normalized spacial score (nSPS) is 10.6. The number of carbonyl (C=O) groups excluding carboxylic acids is 2. The van der Waals surface area contributed by atoms with Gasteiger partial charge in [0.05, 0.1) is 48.2 Å². The van der Waals surface area contributed by atoms with Gasteiger partial charge in [-0.25, -0.2) is 9.97 Å². The fourth-order valence-corrected chi connectivity index (χ4v) is 10.7. The first-order valence-electron chi connectivity index (χ1n) is 26.4. The Kier molecular flexibility index (Phi) is 24.8.